The number of piperidine rings is 1. The molecule has 2 N–H and O–H groups in total. The summed E-state index contributed by atoms with van der Waals surface area (Å²) in [6.45, 7) is 1.92. The molecule has 5 nitrogen and oxygen atoms in total. The van der Waals surface area contributed by atoms with E-state index in [1.54, 1.807) is 7.11 Å². The van der Waals surface area contributed by atoms with E-state index in [1.165, 1.54) is 0 Å². The maximum Gasteiger partial charge on any atom is 0.238 e. The van der Waals surface area contributed by atoms with Gasteiger partial charge in [-0.25, -0.2) is 0 Å². The highest BCUT2D eigenvalue weighted by atomic mass is 16.5. The average Bonchev–Trinajstić information content (AvgIpc) is 2.42. The first-order chi connectivity index (χ1) is 9.17. The zero-order valence-electron chi connectivity index (χ0n) is 11.1. The van der Waals surface area contributed by atoms with Gasteiger partial charge in [-0.1, -0.05) is 0 Å². The van der Waals surface area contributed by atoms with Gasteiger partial charge in [0.05, 0.1) is 19.8 Å². The number of carbonyl (C=O) groups is 1. The van der Waals surface area contributed by atoms with E-state index in [0.717, 1.165) is 37.4 Å². The maximum absolute atomic E-state index is 11.9. The second-order valence-electron chi connectivity index (χ2n) is 4.78. The molecule has 1 amide bonds. The molecule has 0 radical (unpaired) electrons. The molecule has 1 aromatic carbocycles. The molecule has 1 aliphatic rings. The summed E-state index contributed by atoms with van der Waals surface area (Å²) in [5.74, 6) is 0.740. The number of aliphatic hydroxyl groups is 1. The maximum atomic E-state index is 11.9. The second-order valence-corrected chi connectivity index (χ2v) is 4.78. The molecule has 19 heavy (non-hydrogen) atoms. The first kappa shape index (κ1) is 13.8. The van der Waals surface area contributed by atoms with Crippen molar-refractivity contribution in [1.82, 2.24) is 4.90 Å². The van der Waals surface area contributed by atoms with Crippen molar-refractivity contribution in [2.45, 2.75) is 18.9 Å². The number of hydrogen-bond donors (Lipinski definition) is 2. The molecule has 0 aliphatic carbocycles. The van der Waals surface area contributed by atoms with E-state index in [9.17, 15) is 9.90 Å². The van der Waals surface area contributed by atoms with E-state index in [-0.39, 0.29) is 12.0 Å². The van der Waals surface area contributed by atoms with Gasteiger partial charge in [-0.3, -0.25) is 9.69 Å². The molecule has 1 saturated heterocycles. The first-order valence-corrected chi connectivity index (χ1v) is 6.51. The molecule has 1 fully saturated rings. The molecule has 2 rings (SSSR count). The molecule has 0 bridgehead atoms. The van der Waals surface area contributed by atoms with Gasteiger partial charge in [0.15, 0.2) is 0 Å². The number of likely N-dealkylation sites (tertiary alicyclic amines) is 1. The fourth-order valence-electron chi connectivity index (χ4n) is 2.16. The van der Waals surface area contributed by atoms with Gasteiger partial charge >= 0.3 is 0 Å². The Labute approximate surface area is 113 Å². The van der Waals surface area contributed by atoms with E-state index >= 15 is 0 Å². The summed E-state index contributed by atoms with van der Waals surface area (Å²) in [7, 11) is 1.61. The van der Waals surface area contributed by atoms with Crippen molar-refractivity contribution < 1.29 is 14.6 Å². The second kappa shape index (κ2) is 6.54. The topological polar surface area (TPSA) is 61.8 Å². The Morgan fingerprint density at radius 1 is 1.37 bits per heavy atom. The summed E-state index contributed by atoms with van der Waals surface area (Å²) in [6.07, 6.45) is 1.28. The third-order valence-electron chi connectivity index (χ3n) is 3.30. The molecule has 1 heterocycles. The SMILES string of the molecule is COc1ccc(NC(=O)CN2CCC(O)CC2)cc1. The molecule has 0 atom stereocenters. The van der Waals surface area contributed by atoms with Gasteiger partial charge in [0, 0.05) is 18.8 Å². The summed E-state index contributed by atoms with van der Waals surface area (Å²) in [4.78, 5) is 13.9. The molecule has 0 unspecified atom stereocenters. The summed E-state index contributed by atoms with van der Waals surface area (Å²) in [5.41, 5.74) is 0.767. The van der Waals surface area contributed by atoms with Crippen LogP contribution in [0.5, 0.6) is 5.75 Å². The van der Waals surface area contributed by atoms with Crippen LogP contribution in [0.1, 0.15) is 12.8 Å². The Balaban J connectivity index is 1.80. The lowest BCUT2D eigenvalue weighted by atomic mass is 10.1. The van der Waals surface area contributed by atoms with Crippen LogP contribution in [0.4, 0.5) is 5.69 Å². The van der Waals surface area contributed by atoms with E-state index in [2.05, 4.69) is 10.2 Å². The Morgan fingerprint density at radius 3 is 2.58 bits per heavy atom. The van der Waals surface area contributed by atoms with Crippen molar-refractivity contribution in [2.24, 2.45) is 0 Å². The number of nitrogens with zero attached hydrogens (tertiary/aromatic N) is 1. The lowest BCUT2D eigenvalue weighted by molar-refractivity contribution is -0.117. The molecular weight excluding hydrogens is 244 g/mol. The number of anilines is 1. The molecule has 1 aliphatic heterocycles. The standard InChI is InChI=1S/C14H20N2O3/c1-19-13-4-2-11(3-5-13)15-14(18)10-16-8-6-12(17)7-9-16/h2-5,12,17H,6-10H2,1H3,(H,15,18). The Hall–Kier alpha value is -1.59. The van der Waals surface area contributed by atoms with Gasteiger partial charge < -0.3 is 15.2 Å². The summed E-state index contributed by atoms with van der Waals surface area (Å²) in [6, 6.07) is 7.26. The molecule has 0 aromatic heterocycles. The number of hydrogen-bond acceptors (Lipinski definition) is 4. The highest BCUT2D eigenvalue weighted by Crippen LogP contribution is 2.15. The van der Waals surface area contributed by atoms with E-state index in [4.69, 9.17) is 4.74 Å². The number of ether oxygens (including phenoxy) is 1. The van der Waals surface area contributed by atoms with Gasteiger partial charge in [-0.2, -0.15) is 0 Å². The van der Waals surface area contributed by atoms with Crippen molar-refractivity contribution in [3.05, 3.63) is 24.3 Å². The van der Waals surface area contributed by atoms with Crippen molar-refractivity contribution in [3.8, 4) is 5.75 Å². The number of aliphatic hydroxyl groups excluding tert-OH is 1. The predicted octanol–water partition coefficient (Wildman–Crippen LogP) is 1.09. The van der Waals surface area contributed by atoms with Gasteiger partial charge in [0.25, 0.3) is 0 Å². The van der Waals surface area contributed by atoms with Crippen LogP contribution in [0.2, 0.25) is 0 Å². The average molecular weight is 264 g/mol. The van der Waals surface area contributed by atoms with Crippen LogP contribution >= 0.6 is 0 Å². The number of methoxy groups -OCH3 is 1. The van der Waals surface area contributed by atoms with Crippen LogP contribution in [0.15, 0.2) is 24.3 Å². The third kappa shape index (κ3) is 4.22. The highest BCUT2D eigenvalue weighted by Gasteiger charge is 2.18. The minimum absolute atomic E-state index is 0.0263. The van der Waals surface area contributed by atoms with Crippen molar-refractivity contribution >= 4 is 11.6 Å². The zero-order chi connectivity index (χ0) is 13.7. The fraction of sp³-hybridized carbons (Fsp3) is 0.500. The molecule has 104 valence electrons. The van der Waals surface area contributed by atoms with Crippen molar-refractivity contribution in [3.63, 3.8) is 0 Å². The van der Waals surface area contributed by atoms with Crippen LogP contribution in [0, 0.1) is 0 Å². The Morgan fingerprint density at radius 2 is 2.00 bits per heavy atom. The third-order valence-corrected chi connectivity index (χ3v) is 3.30. The fourth-order valence-corrected chi connectivity index (χ4v) is 2.16. The summed E-state index contributed by atoms with van der Waals surface area (Å²) in [5, 5.41) is 12.3. The van der Waals surface area contributed by atoms with Crippen LogP contribution < -0.4 is 10.1 Å². The summed E-state index contributed by atoms with van der Waals surface area (Å²) >= 11 is 0. The number of benzene rings is 1. The number of rotatable bonds is 4. The molecule has 5 heteroatoms. The normalized spacial score (nSPS) is 17.2. The van der Waals surface area contributed by atoms with Gasteiger partial charge in [0.1, 0.15) is 5.75 Å². The van der Waals surface area contributed by atoms with Crippen molar-refractivity contribution in [1.29, 1.82) is 0 Å². The minimum Gasteiger partial charge on any atom is -0.497 e. The molecule has 1 aromatic rings. The van der Waals surface area contributed by atoms with Gasteiger partial charge in [0.2, 0.25) is 5.91 Å². The largest absolute Gasteiger partial charge is 0.497 e. The molecule has 0 saturated carbocycles. The van der Waals surface area contributed by atoms with E-state index in [1.807, 2.05) is 24.3 Å². The zero-order valence-corrected chi connectivity index (χ0v) is 11.1. The Bertz CT molecular complexity index is 411. The molecule has 0 spiro atoms. The van der Waals surface area contributed by atoms with Gasteiger partial charge in [-0.05, 0) is 37.1 Å². The van der Waals surface area contributed by atoms with Crippen LogP contribution in [0.25, 0.3) is 0 Å². The van der Waals surface area contributed by atoms with Crippen LogP contribution in [0.3, 0.4) is 0 Å². The van der Waals surface area contributed by atoms with E-state index < -0.39 is 0 Å². The lowest BCUT2D eigenvalue weighted by Crippen LogP contribution is -2.40. The lowest BCUT2D eigenvalue weighted by Gasteiger charge is -2.28. The monoisotopic (exact) mass is 264 g/mol. The minimum atomic E-state index is -0.208. The van der Waals surface area contributed by atoms with Crippen LogP contribution in [-0.4, -0.2) is 48.8 Å². The first-order valence-electron chi connectivity index (χ1n) is 6.51. The Kier molecular flexibility index (Phi) is 4.76. The van der Waals surface area contributed by atoms with Gasteiger partial charge in [-0.15, -0.1) is 0 Å². The quantitative estimate of drug-likeness (QED) is 0.854. The highest BCUT2D eigenvalue weighted by molar-refractivity contribution is 5.92. The predicted molar refractivity (Wildman–Crippen MR) is 73.3 cm³/mol. The van der Waals surface area contributed by atoms with Crippen LogP contribution in [-0.2, 0) is 4.79 Å². The number of nitrogens with one attached hydrogen (secondary N) is 1. The summed E-state index contributed by atoms with van der Waals surface area (Å²) < 4.78 is 5.06. The van der Waals surface area contributed by atoms with E-state index in [0.29, 0.717) is 6.54 Å². The van der Waals surface area contributed by atoms with Crippen molar-refractivity contribution in [2.75, 3.05) is 32.1 Å². The molecular formula is C14H20N2O3. The number of amides is 1. The number of carbonyl (C=O) groups excluding carboxylic acids is 1. The smallest absolute Gasteiger partial charge is 0.238 e.